The van der Waals surface area contributed by atoms with Gasteiger partial charge < -0.3 is 9.84 Å². The van der Waals surface area contributed by atoms with Crippen LogP contribution in [-0.2, 0) is 6.54 Å². The van der Waals surface area contributed by atoms with Crippen LogP contribution in [0.25, 0.3) is 17.1 Å². The number of benzene rings is 1. The quantitative estimate of drug-likeness (QED) is 0.541. The van der Waals surface area contributed by atoms with Gasteiger partial charge in [-0.2, -0.15) is 5.10 Å². The third kappa shape index (κ3) is 1.77. The number of fused-ring (bicyclic) bond motifs is 5. The van der Waals surface area contributed by atoms with Crippen molar-refractivity contribution in [2.24, 2.45) is 0 Å². The molecule has 0 saturated carbocycles. The second kappa shape index (κ2) is 4.57. The minimum absolute atomic E-state index is 0.0155. The number of carbonyl (C=O) groups is 1. The van der Waals surface area contributed by atoms with Crippen molar-refractivity contribution >= 4 is 17.8 Å². The standard InChI is InChI=1S/C13H8ClN5O3/c14-7-2-1-3-8-10(7)11-15-5-17-19(11)4-9-12(22-13(20)21)16-6-18(8)9/h1-3,5-6H,4H2,(H,20,21). The van der Waals surface area contributed by atoms with E-state index >= 15 is 0 Å². The van der Waals surface area contributed by atoms with Crippen LogP contribution in [0.3, 0.4) is 0 Å². The Labute approximate surface area is 128 Å². The average Bonchev–Trinajstić information content (AvgIpc) is 3.04. The SMILES string of the molecule is O=C(O)Oc1ncn2c1Cn1ncnc1-c1c(Cl)cccc1-2. The van der Waals surface area contributed by atoms with Crippen LogP contribution >= 0.6 is 11.6 Å². The fourth-order valence-electron chi connectivity index (χ4n) is 2.53. The number of nitrogens with zero attached hydrogens (tertiary/aromatic N) is 5. The zero-order chi connectivity index (χ0) is 15.3. The molecule has 1 aromatic carbocycles. The van der Waals surface area contributed by atoms with Gasteiger partial charge in [-0.15, -0.1) is 0 Å². The largest absolute Gasteiger partial charge is 0.512 e. The van der Waals surface area contributed by atoms with Gasteiger partial charge in [0.1, 0.15) is 18.3 Å². The molecular weight excluding hydrogens is 310 g/mol. The van der Waals surface area contributed by atoms with E-state index in [0.717, 1.165) is 5.69 Å². The molecule has 8 nitrogen and oxygen atoms in total. The molecule has 0 bridgehead atoms. The van der Waals surface area contributed by atoms with E-state index in [9.17, 15) is 4.79 Å². The van der Waals surface area contributed by atoms with Gasteiger partial charge in [0.05, 0.1) is 22.8 Å². The number of rotatable bonds is 1. The van der Waals surface area contributed by atoms with Gasteiger partial charge in [-0.25, -0.2) is 19.4 Å². The van der Waals surface area contributed by atoms with E-state index in [4.69, 9.17) is 21.4 Å². The summed E-state index contributed by atoms with van der Waals surface area (Å²) in [5, 5.41) is 13.5. The maximum absolute atomic E-state index is 10.8. The van der Waals surface area contributed by atoms with Crippen molar-refractivity contribution in [2.45, 2.75) is 6.54 Å². The van der Waals surface area contributed by atoms with E-state index in [1.165, 1.54) is 12.7 Å². The first kappa shape index (κ1) is 12.8. The molecule has 0 unspecified atom stereocenters. The van der Waals surface area contributed by atoms with Crippen molar-refractivity contribution in [1.82, 2.24) is 24.3 Å². The van der Waals surface area contributed by atoms with E-state index in [0.29, 0.717) is 22.1 Å². The van der Waals surface area contributed by atoms with Crippen molar-refractivity contribution in [2.75, 3.05) is 0 Å². The highest BCUT2D eigenvalue weighted by atomic mass is 35.5. The van der Waals surface area contributed by atoms with Gasteiger partial charge >= 0.3 is 6.16 Å². The first-order chi connectivity index (χ1) is 10.6. The van der Waals surface area contributed by atoms with Gasteiger partial charge in [0.15, 0.2) is 5.82 Å². The van der Waals surface area contributed by atoms with Gasteiger partial charge in [0, 0.05) is 0 Å². The zero-order valence-electron chi connectivity index (χ0n) is 11.0. The van der Waals surface area contributed by atoms with E-state index in [1.54, 1.807) is 21.4 Å². The topological polar surface area (TPSA) is 95.1 Å². The molecule has 0 atom stereocenters. The van der Waals surface area contributed by atoms with E-state index in [-0.39, 0.29) is 12.4 Å². The molecule has 0 saturated heterocycles. The third-order valence-corrected chi connectivity index (χ3v) is 3.72. The van der Waals surface area contributed by atoms with E-state index in [2.05, 4.69) is 15.1 Å². The Kier molecular flexibility index (Phi) is 2.67. The number of carboxylic acid groups (broad SMARTS) is 1. The average molecular weight is 318 g/mol. The lowest BCUT2D eigenvalue weighted by Gasteiger charge is -2.09. The summed E-state index contributed by atoms with van der Waals surface area (Å²) in [4.78, 5) is 19.1. The molecule has 3 heterocycles. The Morgan fingerprint density at radius 2 is 2.23 bits per heavy atom. The van der Waals surface area contributed by atoms with Crippen molar-refractivity contribution in [3.63, 3.8) is 0 Å². The fourth-order valence-corrected chi connectivity index (χ4v) is 2.78. The number of hydrogen-bond acceptors (Lipinski definition) is 5. The molecule has 2 aromatic heterocycles. The van der Waals surface area contributed by atoms with Gasteiger partial charge in [0.25, 0.3) is 0 Å². The monoisotopic (exact) mass is 317 g/mol. The summed E-state index contributed by atoms with van der Waals surface area (Å²) in [6.45, 7) is 0.267. The fraction of sp³-hybridized carbons (Fsp3) is 0.0769. The van der Waals surface area contributed by atoms with Gasteiger partial charge in [-0.3, -0.25) is 4.57 Å². The molecule has 0 fully saturated rings. The molecule has 4 rings (SSSR count). The summed E-state index contributed by atoms with van der Waals surface area (Å²) >= 11 is 6.32. The van der Waals surface area contributed by atoms with Crippen molar-refractivity contribution in [3.8, 4) is 23.0 Å². The molecule has 0 amide bonds. The first-order valence-electron chi connectivity index (χ1n) is 6.29. The normalized spacial score (nSPS) is 12.0. The molecule has 1 N–H and O–H groups in total. The minimum Gasteiger partial charge on any atom is -0.449 e. The lowest BCUT2D eigenvalue weighted by molar-refractivity contribution is 0.142. The Hall–Kier alpha value is -2.87. The minimum atomic E-state index is -1.42. The predicted molar refractivity (Wildman–Crippen MR) is 75.3 cm³/mol. The van der Waals surface area contributed by atoms with Crippen molar-refractivity contribution in [1.29, 1.82) is 0 Å². The second-order valence-corrected chi connectivity index (χ2v) is 5.02. The number of hydrogen-bond donors (Lipinski definition) is 1. The van der Waals surface area contributed by atoms with Crippen molar-refractivity contribution < 1.29 is 14.6 Å². The Balaban J connectivity index is 2.02. The summed E-state index contributed by atoms with van der Waals surface area (Å²) < 4.78 is 8.09. The number of ether oxygens (including phenoxy) is 1. The highest BCUT2D eigenvalue weighted by molar-refractivity contribution is 6.33. The van der Waals surface area contributed by atoms with Crippen LogP contribution in [0, 0.1) is 0 Å². The molecule has 22 heavy (non-hydrogen) atoms. The lowest BCUT2D eigenvalue weighted by Crippen LogP contribution is -2.09. The van der Waals surface area contributed by atoms with Crippen LogP contribution in [0.4, 0.5) is 4.79 Å². The highest BCUT2D eigenvalue weighted by Gasteiger charge is 2.26. The molecule has 3 aromatic rings. The zero-order valence-corrected chi connectivity index (χ0v) is 11.7. The third-order valence-electron chi connectivity index (χ3n) is 3.40. The van der Waals surface area contributed by atoms with Gasteiger partial charge in [-0.1, -0.05) is 17.7 Å². The second-order valence-electron chi connectivity index (χ2n) is 4.61. The summed E-state index contributed by atoms with van der Waals surface area (Å²) in [7, 11) is 0. The molecule has 0 spiro atoms. The van der Waals surface area contributed by atoms with E-state index < -0.39 is 6.16 Å². The summed E-state index contributed by atoms with van der Waals surface area (Å²) in [6, 6.07) is 5.41. The molecular formula is C13H8ClN5O3. The first-order valence-corrected chi connectivity index (χ1v) is 6.67. The smallest absolute Gasteiger partial charge is 0.449 e. The van der Waals surface area contributed by atoms with Crippen LogP contribution in [0.2, 0.25) is 5.02 Å². The molecule has 1 aliphatic heterocycles. The maximum atomic E-state index is 10.8. The molecule has 1 aliphatic rings. The lowest BCUT2D eigenvalue weighted by atomic mass is 10.1. The van der Waals surface area contributed by atoms with Gasteiger partial charge in [0.2, 0.25) is 5.88 Å². The van der Waals surface area contributed by atoms with Crippen LogP contribution in [0.15, 0.2) is 30.9 Å². The highest BCUT2D eigenvalue weighted by Crippen LogP contribution is 2.37. The summed E-state index contributed by atoms with van der Waals surface area (Å²) in [5.74, 6) is 0.618. The number of imidazole rings is 1. The maximum Gasteiger partial charge on any atom is 0.512 e. The number of aromatic nitrogens is 5. The van der Waals surface area contributed by atoms with Gasteiger partial charge in [-0.05, 0) is 12.1 Å². The van der Waals surface area contributed by atoms with Crippen LogP contribution in [0.5, 0.6) is 5.88 Å². The Morgan fingerprint density at radius 1 is 1.36 bits per heavy atom. The van der Waals surface area contributed by atoms with Crippen LogP contribution < -0.4 is 4.74 Å². The summed E-state index contributed by atoms with van der Waals surface area (Å²) in [5.41, 5.74) is 2.00. The molecule has 0 aliphatic carbocycles. The Bertz CT molecular complexity index is 901. The molecule has 9 heteroatoms. The van der Waals surface area contributed by atoms with Crippen molar-refractivity contribution in [3.05, 3.63) is 41.6 Å². The number of halogens is 1. The predicted octanol–water partition coefficient (Wildman–Crippen LogP) is 2.20. The molecule has 0 radical (unpaired) electrons. The van der Waals surface area contributed by atoms with E-state index in [1.807, 2.05) is 6.07 Å². The van der Waals surface area contributed by atoms with Crippen LogP contribution in [-0.4, -0.2) is 35.6 Å². The van der Waals surface area contributed by atoms with Crippen LogP contribution in [0.1, 0.15) is 5.69 Å². The summed E-state index contributed by atoms with van der Waals surface area (Å²) in [6.07, 6.45) is 1.50. The Morgan fingerprint density at radius 3 is 3.05 bits per heavy atom. The molecule has 110 valence electrons.